The highest BCUT2D eigenvalue weighted by molar-refractivity contribution is 6.30. The molecule has 0 bridgehead atoms. The van der Waals surface area contributed by atoms with Gasteiger partial charge in [-0.25, -0.2) is 4.79 Å². The lowest BCUT2D eigenvalue weighted by Gasteiger charge is -2.30. The molecule has 3 rings (SSSR count). The molecule has 1 aliphatic heterocycles. The summed E-state index contributed by atoms with van der Waals surface area (Å²) in [4.78, 5) is 27.6. The van der Waals surface area contributed by atoms with Crippen LogP contribution in [0.25, 0.3) is 0 Å². The highest BCUT2D eigenvalue weighted by atomic mass is 35.5. The van der Waals surface area contributed by atoms with Crippen molar-refractivity contribution in [3.63, 3.8) is 0 Å². The topological polar surface area (TPSA) is 82.7 Å². The molecule has 0 atom stereocenters. The number of nitrogens with zero attached hydrogens (tertiary/aromatic N) is 1. The van der Waals surface area contributed by atoms with Gasteiger partial charge in [-0.2, -0.15) is 0 Å². The molecule has 0 unspecified atom stereocenters. The van der Waals surface area contributed by atoms with Crippen LogP contribution in [0, 0.1) is 0 Å². The molecule has 1 heterocycles. The van der Waals surface area contributed by atoms with Crippen LogP contribution in [0.5, 0.6) is 0 Å². The number of ether oxygens (including phenoxy) is 1. The van der Waals surface area contributed by atoms with Crippen LogP contribution in [0.2, 0.25) is 5.02 Å². The standard InChI is InChI=1S/C23H29ClN4O3/c1-31-14-6-11-25-22(29)20-16-19(9-10-21(20)28-12-3-2-4-13-28)27-23(30)26-18-8-5-7-17(24)15-18/h5,7-10,15-16H,2-4,6,11-14H2,1H3,(H,25,29)(H2,26,27,30). The highest BCUT2D eigenvalue weighted by Gasteiger charge is 2.19. The Morgan fingerprint density at radius 2 is 1.77 bits per heavy atom. The number of methoxy groups -OCH3 is 1. The van der Waals surface area contributed by atoms with Crippen LogP contribution in [-0.4, -0.2) is 45.3 Å². The SMILES string of the molecule is COCCCNC(=O)c1cc(NC(=O)Nc2cccc(Cl)c2)ccc1N1CCCCC1. The first-order valence-electron chi connectivity index (χ1n) is 10.6. The van der Waals surface area contributed by atoms with E-state index in [9.17, 15) is 9.59 Å². The lowest BCUT2D eigenvalue weighted by Crippen LogP contribution is -2.33. The Balaban J connectivity index is 1.74. The summed E-state index contributed by atoms with van der Waals surface area (Å²) in [6, 6.07) is 12.0. The van der Waals surface area contributed by atoms with E-state index >= 15 is 0 Å². The molecule has 1 fully saturated rings. The normalized spacial score (nSPS) is 13.5. The van der Waals surface area contributed by atoms with E-state index in [4.69, 9.17) is 16.3 Å². The van der Waals surface area contributed by atoms with Gasteiger partial charge in [-0.1, -0.05) is 17.7 Å². The van der Waals surface area contributed by atoms with E-state index in [1.807, 2.05) is 12.1 Å². The fourth-order valence-corrected chi connectivity index (χ4v) is 3.77. The number of carbonyl (C=O) groups excluding carboxylic acids is 2. The molecule has 2 aromatic rings. The Labute approximate surface area is 188 Å². The summed E-state index contributed by atoms with van der Waals surface area (Å²) < 4.78 is 5.05. The van der Waals surface area contributed by atoms with E-state index in [0.717, 1.165) is 38.0 Å². The van der Waals surface area contributed by atoms with Crippen LogP contribution in [-0.2, 0) is 4.74 Å². The summed E-state index contributed by atoms with van der Waals surface area (Å²) in [6.07, 6.45) is 4.16. The molecule has 0 spiro atoms. The minimum Gasteiger partial charge on any atom is -0.385 e. The molecule has 1 aliphatic rings. The van der Waals surface area contributed by atoms with Crippen molar-refractivity contribution in [2.75, 3.05) is 48.9 Å². The monoisotopic (exact) mass is 444 g/mol. The van der Waals surface area contributed by atoms with E-state index in [1.165, 1.54) is 6.42 Å². The van der Waals surface area contributed by atoms with Gasteiger partial charge in [0.05, 0.1) is 5.56 Å². The first-order valence-corrected chi connectivity index (χ1v) is 10.9. The number of piperidine rings is 1. The molecule has 7 nitrogen and oxygen atoms in total. The fraction of sp³-hybridized carbons (Fsp3) is 0.391. The second-order valence-corrected chi connectivity index (χ2v) is 7.91. The molecular formula is C23H29ClN4O3. The maximum absolute atomic E-state index is 12.9. The number of benzene rings is 2. The first kappa shape index (κ1) is 22.9. The van der Waals surface area contributed by atoms with Gasteiger partial charge in [-0.3, -0.25) is 4.79 Å². The van der Waals surface area contributed by atoms with Gasteiger partial charge in [0.25, 0.3) is 5.91 Å². The Morgan fingerprint density at radius 3 is 2.48 bits per heavy atom. The first-order chi connectivity index (χ1) is 15.1. The maximum atomic E-state index is 12.9. The Morgan fingerprint density at radius 1 is 1.03 bits per heavy atom. The van der Waals surface area contributed by atoms with Crippen molar-refractivity contribution < 1.29 is 14.3 Å². The van der Waals surface area contributed by atoms with Crippen molar-refractivity contribution in [1.29, 1.82) is 0 Å². The predicted molar refractivity (Wildman–Crippen MR) is 125 cm³/mol. The van der Waals surface area contributed by atoms with Crippen LogP contribution < -0.4 is 20.9 Å². The third-order valence-electron chi connectivity index (χ3n) is 5.09. The largest absolute Gasteiger partial charge is 0.385 e. The Bertz CT molecular complexity index is 900. The number of nitrogens with one attached hydrogen (secondary N) is 3. The smallest absolute Gasteiger partial charge is 0.323 e. The van der Waals surface area contributed by atoms with Gasteiger partial charge in [0.15, 0.2) is 0 Å². The van der Waals surface area contributed by atoms with Crippen LogP contribution in [0.3, 0.4) is 0 Å². The molecular weight excluding hydrogens is 416 g/mol. The van der Waals surface area contributed by atoms with Crippen molar-refractivity contribution >= 4 is 40.6 Å². The number of anilines is 3. The summed E-state index contributed by atoms with van der Waals surface area (Å²) >= 11 is 5.97. The number of amides is 3. The van der Waals surface area contributed by atoms with Gasteiger partial charge in [0.1, 0.15) is 0 Å². The Hall–Kier alpha value is -2.77. The average Bonchev–Trinajstić information content (AvgIpc) is 2.77. The minimum absolute atomic E-state index is 0.157. The predicted octanol–water partition coefficient (Wildman–Crippen LogP) is 4.74. The van der Waals surface area contributed by atoms with Crippen LogP contribution in [0.15, 0.2) is 42.5 Å². The van der Waals surface area contributed by atoms with Crippen LogP contribution in [0.4, 0.5) is 21.9 Å². The van der Waals surface area contributed by atoms with Crippen molar-refractivity contribution in [3.05, 3.63) is 53.1 Å². The second kappa shape index (κ2) is 11.6. The lowest BCUT2D eigenvalue weighted by molar-refractivity contribution is 0.0949. The van der Waals surface area contributed by atoms with Gasteiger partial charge in [0, 0.05) is 55.4 Å². The third-order valence-corrected chi connectivity index (χ3v) is 5.32. The minimum atomic E-state index is -0.403. The zero-order valence-electron chi connectivity index (χ0n) is 17.7. The number of halogens is 1. The van der Waals surface area contributed by atoms with E-state index in [-0.39, 0.29) is 5.91 Å². The molecule has 0 aliphatic carbocycles. The van der Waals surface area contributed by atoms with Gasteiger partial charge in [0.2, 0.25) is 0 Å². The zero-order chi connectivity index (χ0) is 22.1. The van der Waals surface area contributed by atoms with Gasteiger partial charge < -0.3 is 25.6 Å². The van der Waals surface area contributed by atoms with E-state index in [0.29, 0.717) is 35.1 Å². The lowest BCUT2D eigenvalue weighted by atomic mass is 10.1. The van der Waals surface area contributed by atoms with Gasteiger partial charge >= 0.3 is 6.03 Å². The summed E-state index contributed by atoms with van der Waals surface area (Å²) in [5.41, 5.74) is 2.58. The van der Waals surface area contributed by atoms with Gasteiger partial charge in [-0.05, 0) is 62.1 Å². The summed E-state index contributed by atoms with van der Waals surface area (Å²) in [5.74, 6) is -0.157. The quantitative estimate of drug-likeness (QED) is 0.513. The summed E-state index contributed by atoms with van der Waals surface area (Å²) in [6.45, 7) is 2.96. The number of hydrogen-bond donors (Lipinski definition) is 3. The second-order valence-electron chi connectivity index (χ2n) is 7.47. The van der Waals surface area contributed by atoms with Crippen molar-refractivity contribution in [2.45, 2.75) is 25.7 Å². The summed E-state index contributed by atoms with van der Waals surface area (Å²) in [7, 11) is 1.64. The van der Waals surface area contributed by atoms with Crippen LogP contribution >= 0.6 is 11.6 Å². The molecule has 1 saturated heterocycles. The van der Waals surface area contributed by atoms with E-state index in [1.54, 1.807) is 37.4 Å². The molecule has 31 heavy (non-hydrogen) atoms. The van der Waals surface area contributed by atoms with Gasteiger partial charge in [-0.15, -0.1) is 0 Å². The van der Waals surface area contributed by atoms with E-state index in [2.05, 4.69) is 20.9 Å². The highest BCUT2D eigenvalue weighted by Crippen LogP contribution is 2.27. The number of hydrogen-bond acceptors (Lipinski definition) is 4. The maximum Gasteiger partial charge on any atom is 0.323 e. The number of rotatable bonds is 8. The molecule has 0 aromatic heterocycles. The molecule has 2 aromatic carbocycles. The average molecular weight is 445 g/mol. The molecule has 3 amide bonds. The van der Waals surface area contributed by atoms with Crippen LogP contribution in [0.1, 0.15) is 36.0 Å². The summed E-state index contributed by atoms with van der Waals surface area (Å²) in [5, 5.41) is 9.04. The molecule has 0 saturated carbocycles. The van der Waals surface area contributed by atoms with Crippen molar-refractivity contribution in [1.82, 2.24) is 5.32 Å². The molecule has 3 N–H and O–H groups in total. The van der Waals surface area contributed by atoms with Crippen molar-refractivity contribution in [2.24, 2.45) is 0 Å². The number of carbonyl (C=O) groups is 2. The Kier molecular flexibility index (Phi) is 8.55. The molecule has 0 radical (unpaired) electrons. The third kappa shape index (κ3) is 6.87. The molecule has 8 heteroatoms. The fourth-order valence-electron chi connectivity index (χ4n) is 3.58. The number of urea groups is 1. The zero-order valence-corrected chi connectivity index (χ0v) is 18.5. The van der Waals surface area contributed by atoms with Crippen molar-refractivity contribution in [3.8, 4) is 0 Å². The molecule has 166 valence electrons. The van der Waals surface area contributed by atoms with E-state index < -0.39 is 6.03 Å².